The summed E-state index contributed by atoms with van der Waals surface area (Å²) < 4.78 is 76.8. The minimum Gasteiger partial charge on any atom is -0.467 e. The predicted octanol–water partition coefficient (Wildman–Crippen LogP) is 3.82. The minimum absolute atomic E-state index is 0.354. The molecule has 20 heavy (non-hydrogen) atoms. The van der Waals surface area contributed by atoms with Gasteiger partial charge in [0.1, 0.15) is 0 Å². The second kappa shape index (κ2) is 5.55. The summed E-state index contributed by atoms with van der Waals surface area (Å²) >= 11 is -0.642. The molecule has 0 spiro atoms. The Hall–Kier alpha value is -1.38. The standard InChI is InChI=1S/C11H8F6O2S/c1-19-8(18)9(10(12,13)14,11(15,16)17)20-7-5-3-2-4-6-7/h2-6H,1H3. The van der Waals surface area contributed by atoms with Crippen molar-refractivity contribution in [1.29, 1.82) is 0 Å². The third-order valence-corrected chi connectivity index (χ3v) is 3.73. The molecule has 9 heteroatoms. The average Bonchev–Trinajstić information content (AvgIpc) is 2.33. The third kappa shape index (κ3) is 2.87. The maximum atomic E-state index is 13.0. The van der Waals surface area contributed by atoms with Crippen LogP contribution in [0.4, 0.5) is 26.3 Å². The summed E-state index contributed by atoms with van der Waals surface area (Å²) in [5.41, 5.74) is 0. The number of carbonyl (C=O) groups excluding carboxylic acids is 1. The van der Waals surface area contributed by atoms with Gasteiger partial charge in [-0.05, 0) is 12.1 Å². The van der Waals surface area contributed by atoms with Gasteiger partial charge in [-0.3, -0.25) is 0 Å². The second-order valence-electron chi connectivity index (χ2n) is 3.58. The van der Waals surface area contributed by atoms with E-state index in [1.807, 2.05) is 0 Å². The van der Waals surface area contributed by atoms with Crippen molar-refractivity contribution in [1.82, 2.24) is 0 Å². The Morgan fingerprint density at radius 3 is 1.80 bits per heavy atom. The molecule has 0 amide bonds. The molecule has 2 nitrogen and oxygen atoms in total. The quantitative estimate of drug-likeness (QED) is 0.481. The van der Waals surface area contributed by atoms with Crippen LogP contribution in [-0.2, 0) is 9.53 Å². The van der Waals surface area contributed by atoms with Crippen LogP contribution in [0.3, 0.4) is 0 Å². The summed E-state index contributed by atoms with van der Waals surface area (Å²) in [7, 11) is 0.472. The molecule has 0 aliphatic heterocycles. The van der Waals surface area contributed by atoms with Crippen LogP contribution >= 0.6 is 11.8 Å². The van der Waals surface area contributed by atoms with Crippen molar-refractivity contribution in [2.45, 2.75) is 22.0 Å². The van der Waals surface area contributed by atoms with E-state index in [2.05, 4.69) is 4.74 Å². The van der Waals surface area contributed by atoms with Gasteiger partial charge in [-0.15, -0.1) is 0 Å². The normalized spacial score (nSPS) is 13.2. The van der Waals surface area contributed by atoms with E-state index < -0.39 is 34.8 Å². The van der Waals surface area contributed by atoms with Crippen LogP contribution in [0.5, 0.6) is 0 Å². The first kappa shape index (κ1) is 16.7. The molecule has 0 aliphatic carbocycles. The third-order valence-electron chi connectivity index (χ3n) is 2.29. The molecule has 0 atom stereocenters. The maximum Gasteiger partial charge on any atom is 0.423 e. The van der Waals surface area contributed by atoms with Gasteiger partial charge in [-0.25, -0.2) is 4.79 Å². The molecule has 0 N–H and O–H groups in total. The number of carbonyl (C=O) groups is 1. The molecular formula is C11H8F6O2S. The van der Waals surface area contributed by atoms with Gasteiger partial charge in [-0.1, -0.05) is 30.0 Å². The van der Waals surface area contributed by atoms with Crippen LogP contribution in [0, 0.1) is 0 Å². The molecular weight excluding hydrogens is 310 g/mol. The van der Waals surface area contributed by atoms with E-state index in [0.717, 1.165) is 12.1 Å². The van der Waals surface area contributed by atoms with Crippen LogP contribution in [-0.4, -0.2) is 30.2 Å². The Morgan fingerprint density at radius 1 is 1.00 bits per heavy atom. The van der Waals surface area contributed by atoms with Crippen LogP contribution in [0.15, 0.2) is 35.2 Å². The fraction of sp³-hybridized carbons (Fsp3) is 0.364. The number of hydrogen-bond acceptors (Lipinski definition) is 3. The first-order valence-corrected chi connectivity index (χ1v) is 5.84. The van der Waals surface area contributed by atoms with Crippen molar-refractivity contribution in [3.63, 3.8) is 0 Å². The number of thioether (sulfide) groups is 1. The van der Waals surface area contributed by atoms with Crippen molar-refractivity contribution in [2.75, 3.05) is 7.11 Å². The Balaban J connectivity index is 3.43. The summed E-state index contributed by atoms with van der Waals surface area (Å²) in [6.45, 7) is 0. The van der Waals surface area contributed by atoms with E-state index in [4.69, 9.17) is 0 Å². The van der Waals surface area contributed by atoms with Crippen LogP contribution in [0.2, 0.25) is 0 Å². The number of rotatable bonds is 3. The fourth-order valence-corrected chi connectivity index (χ4v) is 2.40. The fourth-order valence-electron chi connectivity index (χ4n) is 1.36. The first-order chi connectivity index (χ1) is 9.06. The largest absolute Gasteiger partial charge is 0.467 e. The Morgan fingerprint density at radius 2 is 1.45 bits per heavy atom. The van der Waals surface area contributed by atoms with Crippen molar-refractivity contribution < 1.29 is 35.9 Å². The summed E-state index contributed by atoms with van der Waals surface area (Å²) in [6.07, 6.45) is -11.7. The van der Waals surface area contributed by atoms with Gasteiger partial charge >= 0.3 is 23.1 Å². The van der Waals surface area contributed by atoms with Crippen LogP contribution in [0.1, 0.15) is 0 Å². The molecule has 0 bridgehead atoms. The zero-order chi connectivity index (χ0) is 15.6. The van der Waals surface area contributed by atoms with Crippen LogP contribution in [0.25, 0.3) is 0 Å². The molecule has 0 unspecified atom stereocenters. The van der Waals surface area contributed by atoms with Crippen molar-refractivity contribution >= 4 is 17.7 Å². The highest BCUT2D eigenvalue weighted by atomic mass is 32.2. The summed E-state index contributed by atoms with van der Waals surface area (Å²) in [6, 6.07) is 6.03. The van der Waals surface area contributed by atoms with Gasteiger partial charge < -0.3 is 4.74 Å². The number of halogens is 6. The SMILES string of the molecule is COC(=O)C(Sc1ccccc1)(C(F)(F)F)C(F)(F)F. The lowest BCUT2D eigenvalue weighted by Crippen LogP contribution is -2.60. The number of methoxy groups -OCH3 is 1. The highest BCUT2D eigenvalue weighted by Gasteiger charge is 2.77. The smallest absolute Gasteiger partial charge is 0.423 e. The van der Waals surface area contributed by atoms with Crippen LogP contribution < -0.4 is 0 Å². The Labute approximate surface area is 114 Å². The lowest BCUT2D eigenvalue weighted by molar-refractivity contribution is -0.264. The molecule has 0 aliphatic rings. The molecule has 0 heterocycles. The highest BCUT2D eigenvalue weighted by molar-refractivity contribution is 8.01. The number of hydrogen-bond donors (Lipinski definition) is 0. The van der Waals surface area contributed by atoms with Crippen molar-refractivity contribution in [3.8, 4) is 0 Å². The van der Waals surface area contributed by atoms with E-state index in [9.17, 15) is 31.1 Å². The summed E-state index contributed by atoms with van der Waals surface area (Å²) in [4.78, 5) is 10.9. The van der Waals surface area contributed by atoms with E-state index in [-0.39, 0.29) is 4.90 Å². The van der Waals surface area contributed by atoms with Gasteiger partial charge in [0.15, 0.2) is 0 Å². The monoisotopic (exact) mass is 318 g/mol. The predicted molar refractivity (Wildman–Crippen MR) is 59.2 cm³/mol. The van der Waals surface area contributed by atoms with Gasteiger partial charge in [0.25, 0.3) is 0 Å². The molecule has 0 radical (unpaired) electrons. The zero-order valence-electron chi connectivity index (χ0n) is 9.88. The molecule has 112 valence electrons. The number of alkyl halides is 6. The van der Waals surface area contributed by atoms with Gasteiger partial charge in [0.2, 0.25) is 0 Å². The Kier molecular flexibility index (Phi) is 4.62. The zero-order valence-corrected chi connectivity index (χ0v) is 10.7. The van der Waals surface area contributed by atoms with E-state index in [1.165, 1.54) is 18.2 Å². The van der Waals surface area contributed by atoms with E-state index >= 15 is 0 Å². The summed E-state index contributed by atoms with van der Waals surface area (Å²) in [5, 5.41) is 0. The van der Waals surface area contributed by atoms with Gasteiger partial charge in [-0.2, -0.15) is 26.3 Å². The lowest BCUT2D eigenvalue weighted by Gasteiger charge is -2.33. The molecule has 1 rings (SSSR count). The number of esters is 1. The average molecular weight is 318 g/mol. The molecule has 0 fully saturated rings. The Bertz CT molecular complexity index is 454. The molecule has 1 aromatic rings. The minimum atomic E-state index is -5.86. The molecule has 0 saturated heterocycles. The number of benzene rings is 1. The van der Waals surface area contributed by atoms with Gasteiger partial charge in [0.05, 0.1) is 7.11 Å². The van der Waals surface area contributed by atoms with Crippen molar-refractivity contribution in [2.24, 2.45) is 0 Å². The lowest BCUT2D eigenvalue weighted by atomic mass is 10.1. The highest BCUT2D eigenvalue weighted by Crippen LogP contribution is 2.55. The topological polar surface area (TPSA) is 26.3 Å². The molecule has 0 saturated carbocycles. The maximum absolute atomic E-state index is 13.0. The number of ether oxygens (including phenoxy) is 1. The van der Waals surface area contributed by atoms with Crippen molar-refractivity contribution in [3.05, 3.63) is 30.3 Å². The summed E-state index contributed by atoms with van der Waals surface area (Å²) in [5.74, 6) is -2.41. The second-order valence-corrected chi connectivity index (χ2v) is 4.87. The van der Waals surface area contributed by atoms with Gasteiger partial charge in [0, 0.05) is 4.90 Å². The van der Waals surface area contributed by atoms with E-state index in [1.54, 1.807) is 0 Å². The van der Waals surface area contributed by atoms with E-state index in [0.29, 0.717) is 7.11 Å². The first-order valence-electron chi connectivity index (χ1n) is 5.02. The molecule has 0 aromatic heterocycles. The molecule has 1 aromatic carbocycles.